The summed E-state index contributed by atoms with van der Waals surface area (Å²) in [6.45, 7) is 2.15. The van der Waals surface area contributed by atoms with Crippen molar-refractivity contribution in [2.45, 2.75) is 25.8 Å². The highest BCUT2D eigenvalue weighted by molar-refractivity contribution is 9.10. The second-order valence-electron chi connectivity index (χ2n) is 5.00. The summed E-state index contributed by atoms with van der Waals surface area (Å²) in [4.78, 5) is 10.9. The van der Waals surface area contributed by atoms with Crippen molar-refractivity contribution in [2.75, 3.05) is 5.32 Å². The van der Waals surface area contributed by atoms with E-state index in [4.69, 9.17) is 5.73 Å². The minimum Gasteiger partial charge on any atom is -0.378 e. The van der Waals surface area contributed by atoms with Crippen molar-refractivity contribution in [3.05, 3.63) is 64.1 Å². The molecule has 0 bridgehead atoms. The highest BCUT2D eigenvalue weighted by Crippen LogP contribution is 2.25. The van der Waals surface area contributed by atoms with E-state index in [0.717, 1.165) is 22.1 Å². The third-order valence-corrected chi connectivity index (χ3v) is 3.83. The lowest BCUT2D eigenvalue weighted by atomic mass is 10.0. The van der Waals surface area contributed by atoms with Crippen molar-refractivity contribution in [3.63, 3.8) is 0 Å². The summed E-state index contributed by atoms with van der Waals surface area (Å²) in [5.74, 6) is -0.309. The van der Waals surface area contributed by atoms with Crippen LogP contribution in [0, 0.1) is 0 Å². The van der Waals surface area contributed by atoms with Gasteiger partial charge in [0.1, 0.15) is 0 Å². The molecule has 1 amide bonds. The second-order valence-corrected chi connectivity index (χ2v) is 5.92. The van der Waals surface area contributed by atoms with Gasteiger partial charge in [-0.1, -0.05) is 47.1 Å². The van der Waals surface area contributed by atoms with Gasteiger partial charge in [0.25, 0.3) is 0 Å². The van der Waals surface area contributed by atoms with Crippen molar-refractivity contribution in [2.24, 2.45) is 5.73 Å². The molecule has 0 aliphatic carbocycles. The van der Waals surface area contributed by atoms with Gasteiger partial charge in [-0.3, -0.25) is 4.79 Å². The first-order valence-electron chi connectivity index (χ1n) is 6.97. The zero-order valence-corrected chi connectivity index (χ0v) is 13.6. The number of carbonyl (C=O) groups is 1. The fourth-order valence-electron chi connectivity index (χ4n) is 2.27. The third-order valence-electron chi connectivity index (χ3n) is 3.33. The average Bonchev–Trinajstić information content (AvgIpc) is 2.46. The maximum Gasteiger partial charge on any atom is 0.221 e. The molecule has 4 heteroatoms. The van der Waals surface area contributed by atoms with Gasteiger partial charge in [0, 0.05) is 10.2 Å². The Morgan fingerprint density at radius 2 is 1.95 bits per heavy atom. The van der Waals surface area contributed by atoms with Crippen molar-refractivity contribution in [1.82, 2.24) is 0 Å². The standard InChI is InChI=1S/C17H19BrN2O/c1-2-16(13-4-3-5-14(18)11-13)20-15-8-6-12(7-9-15)10-17(19)21/h3-9,11,16,20H,2,10H2,1H3,(H2,19,21). The maximum absolute atomic E-state index is 10.9. The van der Waals surface area contributed by atoms with Crippen LogP contribution >= 0.6 is 15.9 Å². The number of nitrogens with two attached hydrogens (primary N) is 1. The Morgan fingerprint density at radius 1 is 1.24 bits per heavy atom. The van der Waals surface area contributed by atoms with Crippen LogP contribution in [-0.2, 0) is 11.2 Å². The second kappa shape index (κ2) is 7.27. The number of rotatable bonds is 6. The first kappa shape index (κ1) is 15.6. The molecule has 2 aromatic carbocycles. The number of benzene rings is 2. The van der Waals surface area contributed by atoms with E-state index in [-0.39, 0.29) is 18.4 Å². The molecule has 0 spiro atoms. The zero-order valence-electron chi connectivity index (χ0n) is 12.0. The molecule has 110 valence electrons. The monoisotopic (exact) mass is 346 g/mol. The maximum atomic E-state index is 10.9. The van der Waals surface area contributed by atoms with E-state index in [0.29, 0.717) is 0 Å². The van der Waals surface area contributed by atoms with Gasteiger partial charge in [0.15, 0.2) is 0 Å². The number of halogens is 1. The fraction of sp³-hybridized carbons (Fsp3) is 0.235. The molecule has 2 rings (SSSR count). The summed E-state index contributed by atoms with van der Waals surface area (Å²) in [6.07, 6.45) is 1.27. The number of amides is 1. The van der Waals surface area contributed by atoms with E-state index < -0.39 is 0 Å². The quantitative estimate of drug-likeness (QED) is 0.829. The topological polar surface area (TPSA) is 55.1 Å². The predicted molar refractivity (Wildman–Crippen MR) is 90.1 cm³/mol. The molecule has 21 heavy (non-hydrogen) atoms. The van der Waals surface area contributed by atoms with Crippen LogP contribution in [0.5, 0.6) is 0 Å². The van der Waals surface area contributed by atoms with Crippen LogP contribution in [-0.4, -0.2) is 5.91 Å². The Balaban J connectivity index is 2.10. The number of nitrogens with one attached hydrogen (secondary N) is 1. The first-order valence-corrected chi connectivity index (χ1v) is 7.77. The molecular weight excluding hydrogens is 328 g/mol. The summed E-state index contributed by atoms with van der Waals surface area (Å²) in [5, 5.41) is 3.52. The van der Waals surface area contributed by atoms with Gasteiger partial charge in [0.2, 0.25) is 5.91 Å². The summed E-state index contributed by atoms with van der Waals surface area (Å²) >= 11 is 3.51. The van der Waals surface area contributed by atoms with Crippen molar-refractivity contribution >= 4 is 27.5 Å². The number of hydrogen-bond acceptors (Lipinski definition) is 2. The summed E-state index contributed by atoms with van der Waals surface area (Å²) in [5.41, 5.74) is 8.41. The Hall–Kier alpha value is -1.81. The van der Waals surface area contributed by atoms with Crippen molar-refractivity contribution in [1.29, 1.82) is 0 Å². The van der Waals surface area contributed by atoms with E-state index in [1.54, 1.807) is 0 Å². The van der Waals surface area contributed by atoms with Gasteiger partial charge in [-0.05, 0) is 41.8 Å². The highest BCUT2D eigenvalue weighted by atomic mass is 79.9. The molecule has 0 fully saturated rings. The normalized spacial score (nSPS) is 11.9. The number of hydrogen-bond donors (Lipinski definition) is 2. The zero-order chi connectivity index (χ0) is 15.2. The number of anilines is 1. The first-order chi connectivity index (χ1) is 10.1. The van der Waals surface area contributed by atoms with Crippen molar-refractivity contribution < 1.29 is 4.79 Å². The summed E-state index contributed by atoms with van der Waals surface area (Å²) < 4.78 is 1.08. The van der Waals surface area contributed by atoms with Gasteiger partial charge in [-0.2, -0.15) is 0 Å². The Morgan fingerprint density at radius 3 is 2.52 bits per heavy atom. The van der Waals surface area contributed by atoms with Crippen LogP contribution in [0.15, 0.2) is 53.0 Å². The Bertz CT molecular complexity index is 610. The van der Waals surface area contributed by atoms with Gasteiger partial charge in [-0.25, -0.2) is 0 Å². The van der Waals surface area contributed by atoms with Crippen LogP contribution in [0.1, 0.15) is 30.5 Å². The molecule has 0 saturated carbocycles. The minimum absolute atomic E-state index is 0.254. The Kier molecular flexibility index (Phi) is 5.39. The summed E-state index contributed by atoms with van der Waals surface area (Å²) in [7, 11) is 0. The fourth-order valence-corrected chi connectivity index (χ4v) is 2.68. The van der Waals surface area contributed by atoms with Crippen LogP contribution in [0.3, 0.4) is 0 Å². The lowest BCUT2D eigenvalue weighted by Gasteiger charge is -2.19. The van der Waals surface area contributed by atoms with Crippen LogP contribution < -0.4 is 11.1 Å². The van der Waals surface area contributed by atoms with Crippen LogP contribution in [0.4, 0.5) is 5.69 Å². The van der Waals surface area contributed by atoms with E-state index in [1.165, 1.54) is 5.56 Å². The Labute approximate surface area is 133 Å². The van der Waals surface area contributed by atoms with E-state index in [9.17, 15) is 4.79 Å². The molecule has 1 atom stereocenters. The van der Waals surface area contributed by atoms with Crippen molar-refractivity contribution in [3.8, 4) is 0 Å². The molecular formula is C17H19BrN2O. The summed E-state index contributed by atoms with van der Waals surface area (Å²) in [6, 6.07) is 16.4. The van der Waals surface area contributed by atoms with Gasteiger partial charge < -0.3 is 11.1 Å². The molecule has 3 N–H and O–H groups in total. The minimum atomic E-state index is -0.309. The smallest absolute Gasteiger partial charge is 0.221 e. The van der Waals surface area contributed by atoms with E-state index in [2.05, 4.69) is 40.3 Å². The molecule has 0 aliphatic rings. The lowest BCUT2D eigenvalue weighted by molar-refractivity contribution is -0.117. The lowest BCUT2D eigenvalue weighted by Crippen LogP contribution is -2.13. The molecule has 0 aliphatic heterocycles. The van der Waals surface area contributed by atoms with Gasteiger partial charge in [0.05, 0.1) is 12.5 Å². The number of carbonyl (C=O) groups excluding carboxylic acids is 1. The molecule has 2 aromatic rings. The molecule has 0 aromatic heterocycles. The molecule has 0 radical (unpaired) electrons. The third kappa shape index (κ3) is 4.60. The van der Waals surface area contributed by atoms with E-state index >= 15 is 0 Å². The highest BCUT2D eigenvalue weighted by Gasteiger charge is 2.09. The predicted octanol–water partition coefficient (Wildman–Crippen LogP) is 4.04. The van der Waals surface area contributed by atoms with Crippen LogP contribution in [0.2, 0.25) is 0 Å². The number of primary amides is 1. The van der Waals surface area contributed by atoms with Gasteiger partial charge >= 0.3 is 0 Å². The van der Waals surface area contributed by atoms with Gasteiger partial charge in [-0.15, -0.1) is 0 Å². The SMILES string of the molecule is CCC(Nc1ccc(CC(N)=O)cc1)c1cccc(Br)c1. The molecule has 3 nitrogen and oxygen atoms in total. The van der Waals surface area contributed by atoms with E-state index in [1.807, 2.05) is 36.4 Å². The van der Waals surface area contributed by atoms with Crippen LogP contribution in [0.25, 0.3) is 0 Å². The molecule has 1 unspecified atom stereocenters. The largest absolute Gasteiger partial charge is 0.378 e. The average molecular weight is 347 g/mol. The molecule has 0 heterocycles. The molecule has 0 saturated heterocycles.